The van der Waals surface area contributed by atoms with Crippen molar-refractivity contribution >= 4 is 22.6 Å². The molecule has 102 valence electrons. The molecule has 0 aromatic heterocycles. The molecule has 21 heavy (non-hydrogen) atoms. The molecule has 0 bridgehead atoms. The van der Waals surface area contributed by atoms with E-state index < -0.39 is 5.91 Å². The topological polar surface area (TPSA) is 46.2 Å². The highest BCUT2D eigenvalue weighted by molar-refractivity contribution is 6.15. The van der Waals surface area contributed by atoms with Crippen LogP contribution in [0, 0.1) is 0 Å². The summed E-state index contributed by atoms with van der Waals surface area (Å²) in [4.78, 5) is 24.3. The quantitative estimate of drug-likeness (QED) is 0.728. The average molecular weight is 275 g/mol. The Balaban J connectivity index is 1.90. The minimum Gasteiger partial charge on any atom is -0.288 e. The Hall–Kier alpha value is -2.94. The second-order valence-corrected chi connectivity index (χ2v) is 4.68. The first-order valence-corrected chi connectivity index (χ1v) is 6.64. The molecule has 3 aromatic rings. The SMILES string of the molecule is O=C(NC(=O)c1cccc2ccccc12)c1ccccc1. The Morgan fingerprint density at radius 3 is 2.14 bits per heavy atom. The number of benzene rings is 3. The third-order valence-corrected chi connectivity index (χ3v) is 3.30. The van der Waals surface area contributed by atoms with Gasteiger partial charge in [-0.25, -0.2) is 0 Å². The van der Waals surface area contributed by atoms with Crippen LogP contribution in [-0.4, -0.2) is 11.8 Å². The molecule has 0 unspecified atom stereocenters. The zero-order valence-electron chi connectivity index (χ0n) is 11.2. The summed E-state index contributed by atoms with van der Waals surface area (Å²) in [7, 11) is 0. The van der Waals surface area contributed by atoms with Gasteiger partial charge in [-0.2, -0.15) is 0 Å². The van der Waals surface area contributed by atoms with E-state index in [9.17, 15) is 9.59 Å². The number of carbonyl (C=O) groups excluding carboxylic acids is 2. The molecule has 1 N–H and O–H groups in total. The smallest absolute Gasteiger partial charge is 0.258 e. The number of rotatable bonds is 2. The van der Waals surface area contributed by atoms with Crippen molar-refractivity contribution in [2.24, 2.45) is 0 Å². The third-order valence-electron chi connectivity index (χ3n) is 3.30. The number of hydrogen-bond donors (Lipinski definition) is 1. The number of carbonyl (C=O) groups is 2. The van der Waals surface area contributed by atoms with Gasteiger partial charge in [0.15, 0.2) is 0 Å². The van der Waals surface area contributed by atoms with Gasteiger partial charge in [0, 0.05) is 11.1 Å². The van der Waals surface area contributed by atoms with E-state index in [0.717, 1.165) is 10.8 Å². The predicted octanol–water partition coefficient (Wildman–Crippen LogP) is 3.41. The van der Waals surface area contributed by atoms with Crippen molar-refractivity contribution in [2.75, 3.05) is 0 Å². The lowest BCUT2D eigenvalue weighted by atomic mass is 10.0. The molecule has 0 aliphatic heterocycles. The summed E-state index contributed by atoms with van der Waals surface area (Å²) in [5, 5.41) is 4.23. The summed E-state index contributed by atoms with van der Waals surface area (Å²) in [6.07, 6.45) is 0. The molecule has 3 nitrogen and oxygen atoms in total. The highest BCUT2D eigenvalue weighted by atomic mass is 16.2. The van der Waals surface area contributed by atoms with Crippen LogP contribution >= 0.6 is 0 Å². The fraction of sp³-hybridized carbons (Fsp3) is 0. The molecule has 0 saturated carbocycles. The van der Waals surface area contributed by atoms with Crippen LogP contribution in [0.3, 0.4) is 0 Å². The molecule has 2 amide bonds. The molecular formula is C18H13NO2. The summed E-state index contributed by atoms with van der Waals surface area (Å²) < 4.78 is 0. The maximum atomic E-state index is 12.3. The first-order chi connectivity index (χ1) is 10.3. The molecule has 0 fully saturated rings. The predicted molar refractivity (Wildman–Crippen MR) is 82.2 cm³/mol. The van der Waals surface area contributed by atoms with Gasteiger partial charge < -0.3 is 0 Å². The number of amides is 2. The summed E-state index contributed by atoms with van der Waals surface area (Å²) in [6, 6.07) is 21.8. The highest BCUT2D eigenvalue weighted by Crippen LogP contribution is 2.18. The number of hydrogen-bond acceptors (Lipinski definition) is 2. The van der Waals surface area contributed by atoms with Gasteiger partial charge in [0.25, 0.3) is 11.8 Å². The minimum atomic E-state index is -0.395. The van der Waals surface area contributed by atoms with Crippen molar-refractivity contribution in [3.05, 3.63) is 83.9 Å². The van der Waals surface area contributed by atoms with E-state index in [2.05, 4.69) is 5.32 Å². The van der Waals surface area contributed by atoms with Gasteiger partial charge in [-0.1, -0.05) is 54.6 Å². The molecule has 0 radical (unpaired) electrons. The maximum Gasteiger partial charge on any atom is 0.258 e. The van der Waals surface area contributed by atoms with E-state index in [1.165, 1.54) is 0 Å². The summed E-state index contributed by atoms with van der Waals surface area (Å²) in [5.74, 6) is -0.783. The van der Waals surface area contributed by atoms with E-state index in [4.69, 9.17) is 0 Å². The molecule has 0 aliphatic carbocycles. The monoisotopic (exact) mass is 275 g/mol. The van der Waals surface area contributed by atoms with E-state index in [1.807, 2.05) is 42.5 Å². The Labute approximate surface area is 122 Å². The highest BCUT2D eigenvalue weighted by Gasteiger charge is 2.13. The van der Waals surface area contributed by atoms with Crippen LogP contribution in [0.5, 0.6) is 0 Å². The van der Waals surface area contributed by atoms with E-state index in [1.54, 1.807) is 30.3 Å². The van der Waals surface area contributed by atoms with Gasteiger partial charge in [-0.15, -0.1) is 0 Å². The van der Waals surface area contributed by atoms with Crippen LogP contribution in [0.2, 0.25) is 0 Å². The lowest BCUT2D eigenvalue weighted by molar-refractivity contribution is 0.0850. The van der Waals surface area contributed by atoms with Crippen LogP contribution in [0.1, 0.15) is 20.7 Å². The zero-order valence-corrected chi connectivity index (χ0v) is 11.2. The van der Waals surface area contributed by atoms with Gasteiger partial charge in [0.05, 0.1) is 0 Å². The van der Waals surface area contributed by atoms with Gasteiger partial charge >= 0.3 is 0 Å². The molecule has 0 saturated heterocycles. The van der Waals surface area contributed by atoms with Crippen molar-refractivity contribution in [2.45, 2.75) is 0 Å². The van der Waals surface area contributed by atoms with Crippen LogP contribution in [0.4, 0.5) is 0 Å². The van der Waals surface area contributed by atoms with Crippen molar-refractivity contribution in [3.8, 4) is 0 Å². The van der Waals surface area contributed by atoms with Crippen LogP contribution in [-0.2, 0) is 0 Å². The molecule has 0 spiro atoms. The van der Waals surface area contributed by atoms with Crippen molar-refractivity contribution in [1.29, 1.82) is 0 Å². The Morgan fingerprint density at radius 2 is 1.33 bits per heavy atom. The van der Waals surface area contributed by atoms with Gasteiger partial charge in [-0.05, 0) is 29.0 Å². The standard InChI is InChI=1S/C18H13NO2/c20-17(14-8-2-1-3-9-14)19-18(21)16-12-6-10-13-7-4-5-11-15(13)16/h1-12H,(H,19,20,21). The Bertz CT molecular complexity index is 804. The largest absolute Gasteiger partial charge is 0.288 e. The summed E-state index contributed by atoms with van der Waals surface area (Å²) >= 11 is 0. The number of nitrogens with one attached hydrogen (secondary N) is 1. The average Bonchev–Trinajstić information content (AvgIpc) is 2.55. The van der Waals surface area contributed by atoms with Crippen LogP contribution in [0.25, 0.3) is 10.8 Å². The molecule has 0 atom stereocenters. The van der Waals surface area contributed by atoms with Crippen molar-refractivity contribution in [3.63, 3.8) is 0 Å². The molecule has 0 heterocycles. The van der Waals surface area contributed by atoms with Crippen molar-refractivity contribution in [1.82, 2.24) is 5.32 Å². The third kappa shape index (κ3) is 2.67. The minimum absolute atomic E-state index is 0.388. The Kier molecular flexibility index (Phi) is 3.48. The fourth-order valence-electron chi connectivity index (χ4n) is 2.26. The van der Waals surface area contributed by atoms with Crippen LogP contribution < -0.4 is 5.32 Å². The second kappa shape index (κ2) is 5.59. The first kappa shape index (κ1) is 13.1. The lowest BCUT2D eigenvalue weighted by Crippen LogP contribution is -2.30. The number of fused-ring (bicyclic) bond motifs is 1. The van der Waals surface area contributed by atoms with Gasteiger partial charge in [0.2, 0.25) is 0 Å². The lowest BCUT2D eigenvalue weighted by Gasteiger charge is -2.07. The van der Waals surface area contributed by atoms with Crippen LogP contribution in [0.15, 0.2) is 72.8 Å². The first-order valence-electron chi connectivity index (χ1n) is 6.64. The summed E-state index contributed by atoms with van der Waals surface area (Å²) in [5.41, 5.74) is 0.962. The molecular weight excluding hydrogens is 262 g/mol. The summed E-state index contributed by atoms with van der Waals surface area (Å²) in [6.45, 7) is 0. The fourth-order valence-corrected chi connectivity index (χ4v) is 2.26. The van der Waals surface area contributed by atoms with E-state index >= 15 is 0 Å². The Morgan fingerprint density at radius 1 is 0.667 bits per heavy atom. The molecule has 3 aromatic carbocycles. The molecule has 0 aliphatic rings. The second-order valence-electron chi connectivity index (χ2n) is 4.68. The van der Waals surface area contributed by atoms with E-state index in [0.29, 0.717) is 11.1 Å². The zero-order chi connectivity index (χ0) is 14.7. The van der Waals surface area contributed by atoms with E-state index in [-0.39, 0.29) is 5.91 Å². The molecule has 3 heteroatoms. The normalized spacial score (nSPS) is 10.3. The molecule has 3 rings (SSSR count). The maximum absolute atomic E-state index is 12.3. The van der Waals surface area contributed by atoms with Crippen molar-refractivity contribution < 1.29 is 9.59 Å². The van der Waals surface area contributed by atoms with Gasteiger partial charge in [0.1, 0.15) is 0 Å². The number of imide groups is 1. The van der Waals surface area contributed by atoms with Gasteiger partial charge in [-0.3, -0.25) is 14.9 Å².